The molecule has 0 fully saturated rings. The Labute approximate surface area is 90.0 Å². The van der Waals surface area contributed by atoms with Gasteiger partial charge in [0.1, 0.15) is 0 Å². The molecule has 0 bridgehead atoms. The number of nitrogens with zero attached hydrogens (tertiary/aromatic N) is 1. The molecule has 0 rings (SSSR count). The van der Waals surface area contributed by atoms with E-state index in [0.29, 0.717) is 5.41 Å². The van der Waals surface area contributed by atoms with Gasteiger partial charge >= 0.3 is 0 Å². The minimum atomic E-state index is 0.450. The van der Waals surface area contributed by atoms with E-state index in [-0.39, 0.29) is 0 Å². The Morgan fingerprint density at radius 1 is 1.07 bits per heavy atom. The van der Waals surface area contributed by atoms with Crippen LogP contribution in [0, 0.1) is 5.41 Å². The second-order valence-electron chi connectivity index (χ2n) is 4.97. The number of aliphatic imine (C=N–C) groups is 1. The van der Waals surface area contributed by atoms with Crippen LogP contribution in [-0.4, -0.2) is 13.3 Å². The molecule has 0 N–H and O–H groups in total. The first kappa shape index (κ1) is 13.7. The average Bonchev–Trinajstić information content (AvgIpc) is 2.15. The molecular weight excluding hydrogens is 170 g/mol. The maximum Gasteiger partial charge on any atom is 0.0273 e. The van der Waals surface area contributed by atoms with E-state index in [2.05, 4.69) is 25.8 Å². The van der Waals surface area contributed by atoms with Crippen molar-refractivity contribution >= 4 is 6.21 Å². The molecule has 0 aliphatic heterocycles. The molecule has 0 amide bonds. The molecule has 0 radical (unpaired) electrons. The van der Waals surface area contributed by atoms with Gasteiger partial charge in [0.15, 0.2) is 0 Å². The molecule has 0 heterocycles. The number of hydrogen-bond donors (Lipinski definition) is 0. The SMILES string of the molecule is CCCCCCCC(C)(C)CC=NC. The zero-order valence-electron chi connectivity index (χ0n) is 10.5. The summed E-state index contributed by atoms with van der Waals surface area (Å²) < 4.78 is 0. The first-order valence-electron chi connectivity index (χ1n) is 6.03. The summed E-state index contributed by atoms with van der Waals surface area (Å²) in [5.74, 6) is 0. The number of hydrogen-bond acceptors (Lipinski definition) is 1. The van der Waals surface area contributed by atoms with Crippen molar-refractivity contribution < 1.29 is 0 Å². The van der Waals surface area contributed by atoms with Crippen LogP contribution in [-0.2, 0) is 0 Å². The normalized spacial score (nSPS) is 12.6. The summed E-state index contributed by atoms with van der Waals surface area (Å²) in [7, 11) is 1.86. The first-order chi connectivity index (χ1) is 6.62. The molecule has 14 heavy (non-hydrogen) atoms. The molecule has 0 aliphatic rings. The first-order valence-corrected chi connectivity index (χ1v) is 6.03. The zero-order valence-corrected chi connectivity index (χ0v) is 10.5. The molecule has 0 saturated carbocycles. The maximum absolute atomic E-state index is 4.05. The van der Waals surface area contributed by atoms with Gasteiger partial charge in [-0.2, -0.15) is 0 Å². The van der Waals surface area contributed by atoms with Gasteiger partial charge in [0.2, 0.25) is 0 Å². The van der Waals surface area contributed by atoms with Crippen LogP contribution >= 0.6 is 0 Å². The lowest BCUT2D eigenvalue weighted by molar-refractivity contribution is 0.335. The van der Waals surface area contributed by atoms with Crippen molar-refractivity contribution in [1.29, 1.82) is 0 Å². The van der Waals surface area contributed by atoms with Crippen molar-refractivity contribution in [3.8, 4) is 0 Å². The van der Waals surface area contributed by atoms with Crippen LogP contribution in [0.15, 0.2) is 4.99 Å². The van der Waals surface area contributed by atoms with E-state index in [1.54, 1.807) is 0 Å². The summed E-state index contributed by atoms with van der Waals surface area (Å²) in [4.78, 5) is 4.05. The van der Waals surface area contributed by atoms with E-state index >= 15 is 0 Å². The molecule has 0 unspecified atom stereocenters. The molecule has 0 aromatic rings. The fourth-order valence-electron chi connectivity index (χ4n) is 1.65. The second-order valence-corrected chi connectivity index (χ2v) is 4.97. The topological polar surface area (TPSA) is 12.4 Å². The molecule has 0 aliphatic carbocycles. The summed E-state index contributed by atoms with van der Waals surface area (Å²) in [5.41, 5.74) is 0.450. The van der Waals surface area contributed by atoms with E-state index in [1.807, 2.05) is 13.3 Å². The molecule has 1 heteroatoms. The van der Waals surface area contributed by atoms with Crippen molar-refractivity contribution in [3.05, 3.63) is 0 Å². The lowest BCUT2D eigenvalue weighted by Crippen LogP contribution is -2.11. The molecule has 0 aromatic carbocycles. The fourth-order valence-corrected chi connectivity index (χ4v) is 1.65. The highest BCUT2D eigenvalue weighted by Gasteiger charge is 2.15. The largest absolute Gasteiger partial charge is 0.301 e. The summed E-state index contributed by atoms with van der Waals surface area (Å²) >= 11 is 0. The molecule has 1 nitrogen and oxygen atoms in total. The van der Waals surface area contributed by atoms with Gasteiger partial charge in [0.25, 0.3) is 0 Å². The maximum atomic E-state index is 4.05. The Morgan fingerprint density at radius 2 is 1.71 bits per heavy atom. The van der Waals surface area contributed by atoms with Gasteiger partial charge in [-0.3, -0.25) is 0 Å². The summed E-state index contributed by atoms with van der Waals surface area (Å²) in [5, 5.41) is 0. The van der Waals surface area contributed by atoms with Crippen LogP contribution in [0.2, 0.25) is 0 Å². The van der Waals surface area contributed by atoms with Gasteiger partial charge in [-0.1, -0.05) is 52.9 Å². The third-order valence-corrected chi connectivity index (χ3v) is 2.78. The molecular formula is C13H27N. The number of unbranched alkanes of at least 4 members (excludes halogenated alkanes) is 4. The van der Waals surface area contributed by atoms with E-state index in [9.17, 15) is 0 Å². The molecule has 0 saturated heterocycles. The second kappa shape index (κ2) is 8.02. The molecule has 0 aromatic heterocycles. The Kier molecular flexibility index (Phi) is 7.83. The smallest absolute Gasteiger partial charge is 0.0273 e. The van der Waals surface area contributed by atoms with Gasteiger partial charge in [0, 0.05) is 7.05 Å². The lowest BCUT2D eigenvalue weighted by Gasteiger charge is -2.22. The van der Waals surface area contributed by atoms with Crippen LogP contribution in [0.3, 0.4) is 0 Å². The minimum Gasteiger partial charge on any atom is -0.301 e. The fraction of sp³-hybridized carbons (Fsp3) is 0.923. The van der Waals surface area contributed by atoms with Crippen molar-refractivity contribution in [3.63, 3.8) is 0 Å². The predicted molar refractivity (Wildman–Crippen MR) is 66.2 cm³/mol. The summed E-state index contributed by atoms with van der Waals surface area (Å²) in [6, 6.07) is 0. The van der Waals surface area contributed by atoms with Gasteiger partial charge in [-0.15, -0.1) is 0 Å². The summed E-state index contributed by atoms with van der Waals surface area (Å²) in [6.07, 6.45) is 11.4. The molecule has 84 valence electrons. The van der Waals surface area contributed by atoms with Crippen LogP contribution in [0.25, 0.3) is 0 Å². The Balaban J connectivity index is 3.45. The quantitative estimate of drug-likeness (QED) is 0.402. The lowest BCUT2D eigenvalue weighted by atomic mass is 9.84. The molecule has 0 atom stereocenters. The van der Waals surface area contributed by atoms with Gasteiger partial charge < -0.3 is 4.99 Å². The molecule has 0 spiro atoms. The van der Waals surface area contributed by atoms with E-state index < -0.39 is 0 Å². The predicted octanol–water partition coefficient (Wildman–Crippen LogP) is 4.46. The van der Waals surface area contributed by atoms with Gasteiger partial charge in [0.05, 0.1) is 0 Å². The van der Waals surface area contributed by atoms with Crippen molar-refractivity contribution in [2.24, 2.45) is 10.4 Å². The van der Waals surface area contributed by atoms with Gasteiger partial charge in [-0.25, -0.2) is 0 Å². The number of rotatable bonds is 8. The third-order valence-electron chi connectivity index (χ3n) is 2.78. The minimum absolute atomic E-state index is 0.450. The van der Waals surface area contributed by atoms with E-state index in [0.717, 1.165) is 6.42 Å². The van der Waals surface area contributed by atoms with Crippen molar-refractivity contribution in [1.82, 2.24) is 0 Å². The van der Waals surface area contributed by atoms with E-state index in [4.69, 9.17) is 0 Å². The monoisotopic (exact) mass is 197 g/mol. The van der Waals surface area contributed by atoms with Crippen molar-refractivity contribution in [2.75, 3.05) is 7.05 Å². The van der Waals surface area contributed by atoms with Crippen molar-refractivity contribution in [2.45, 2.75) is 65.7 Å². The summed E-state index contributed by atoms with van der Waals surface area (Å²) in [6.45, 7) is 6.95. The highest BCUT2D eigenvalue weighted by atomic mass is 14.6. The average molecular weight is 197 g/mol. The highest BCUT2D eigenvalue weighted by molar-refractivity contribution is 5.57. The van der Waals surface area contributed by atoms with Gasteiger partial charge in [-0.05, 0) is 24.5 Å². The van der Waals surface area contributed by atoms with Crippen LogP contribution in [0.5, 0.6) is 0 Å². The standard InChI is InChI=1S/C13H27N/c1-5-6-7-8-9-10-13(2,3)11-12-14-4/h12H,5-11H2,1-4H3. The van der Waals surface area contributed by atoms with Crippen LogP contribution in [0.1, 0.15) is 65.7 Å². The van der Waals surface area contributed by atoms with Crippen LogP contribution in [0.4, 0.5) is 0 Å². The Morgan fingerprint density at radius 3 is 2.29 bits per heavy atom. The third kappa shape index (κ3) is 8.28. The zero-order chi connectivity index (χ0) is 10.9. The Hall–Kier alpha value is -0.330. The highest BCUT2D eigenvalue weighted by Crippen LogP contribution is 2.26. The van der Waals surface area contributed by atoms with E-state index in [1.165, 1.54) is 38.5 Å². The Bertz CT molecular complexity index is 147. The van der Waals surface area contributed by atoms with Crippen LogP contribution < -0.4 is 0 Å².